The van der Waals surface area contributed by atoms with Crippen molar-refractivity contribution in [3.8, 4) is 5.75 Å². The minimum absolute atomic E-state index is 0.0400. The highest BCUT2D eigenvalue weighted by Gasteiger charge is 2.10. The van der Waals surface area contributed by atoms with Gasteiger partial charge in [-0.1, -0.05) is 0 Å². The van der Waals surface area contributed by atoms with Gasteiger partial charge in [-0.25, -0.2) is 8.78 Å². The number of esters is 1. The van der Waals surface area contributed by atoms with Crippen LogP contribution >= 0.6 is 0 Å². The fourth-order valence-corrected chi connectivity index (χ4v) is 1.38. The van der Waals surface area contributed by atoms with Crippen molar-refractivity contribution < 1.29 is 23.0 Å². The number of nitrogens with one attached hydrogen (secondary N) is 1. The van der Waals surface area contributed by atoms with E-state index >= 15 is 0 Å². The molecule has 6 heteroatoms. The van der Waals surface area contributed by atoms with Crippen LogP contribution in [-0.4, -0.2) is 26.7 Å². The van der Waals surface area contributed by atoms with Crippen molar-refractivity contribution in [1.82, 2.24) is 0 Å². The molecule has 0 heterocycles. The van der Waals surface area contributed by atoms with Crippen LogP contribution in [0, 0.1) is 11.6 Å². The monoisotopic (exact) mass is 259 g/mol. The summed E-state index contributed by atoms with van der Waals surface area (Å²) in [5, 5.41) is 2.71. The average molecular weight is 259 g/mol. The van der Waals surface area contributed by atoms with Crippen molar-refractivity contribution in [3.05, 3.63) is 23.8 Å². The normalized spacial score (nSPS) is 10.0. The predicted molar refractivity (Wildman–Crippen MR) is 62.6 cm³/mol. The van der Waals surface area contributed by atoms with Gasteiger partial charge in [-0.3, -0.25) is 4.79 Å². The third-order valence-electron chi connectivity index (χ3n) is 2.34. The van der Waals surface area contributed by atoms with Gasteiger partial charge in [-0.2, -0.15) is 0 Å². The lowest BCUT2D eigenvalue weighted by molar-refractivity contribution is -0.140. The van der Waals surface area contributed by atoms with Gasteiger partial charge < -0.3 is 14.8 Å². The Kier molecular flexibility index (Phi) is 5.35. The van der Waals surface area contributed by atoms with Crippen molar-refractivity contribution in [1.29, 1.82) is 0 Å². The summed E-state index contributed by atoms with van der Waals surface area (Å²) in [4.78, 5) is 10.8. The molecule has 0 radical (unpaired) electrons. The highest BCUT2D eigenvalue weighted by Crippen LogP contribution is 2.24. The summed E-state index contributed by atoms with van der Waals surface area (Å²) < 4.78 is 35.9. The van der Waals surface area contributed by atoms with Gasteiger partial charge >= 0.3 is 5.97 Å². The second kappa shape index (κ2) is 6.78. The molecule has 0 saturated carbocycles. The number of rotatable bonds is 6. The van der Waals surface area contributed by atoms with E-state index in [0.29, 0.717) is 13.0 Å². The maximum absolute atomic E-state index is 13.5. The number of halogens is 2. The third kappa shape index (κ3) is 3.87. The Labute approximate surface area is 104 Å². The Morgan fingerprint density at radius 2 is 2.00 bits per heavy atom. The zero-order chi connectivity index (χ0) is 13.5. The fourth-order valence-electron chi connectivity index (χ4n) is 1.38. The van der Waals surface area contributed by atoms with Crippen LogP contribution in [0.15, 0.2) is 12.1 Å². The second-order valence-corrected chi connectivity index (χ2v) is 3.57. The van der Waals surface area contributed by atoms with Gasteiger partial charge in [0.1, 0.15) is 5.82 Å². The molecule has 0 unspecified atom stereocenters. The molecule has 4 nitrogen and oxygen atoms in total. The summed E-state index contributed by atoms with van der Waals surface area (Å²) in [5.41, 5.74) is 0.0400. The second-order valence-electron chi connectivity index (χ2n) is 3.57. The van der Waals surface area contributed by atoms with Crippen molar-refractivity contribution >= 4 is 11.7 Å². The molecule has 0 amide bonds. The van der Waals surface area contributed by atoms with Crippen LogP contribution < -0.4 is 10.1 Å². The summed E-state index contributed by atoms with van der Waals surface area (Å²) in [6, 6.07) is 1.99. The van der Waals surface area contributed by atoms with Gasteiger partial charge in [0.15, 0.2) is 11.6 Å². The van der Waals surface area contributed by atoms with E-state index in [1.54, 1.807) is 0 Å². The largest absolute Gasteiger partial charge is 0.494 e. The third-order valence-corrected chi connectivity index (χ3v) is 2.34. The molecule has 1 aromatic rings. The molecule has 0 aliphatic carbocycles. The zero-order valence-corrected chi connectivity index (χ0v) is 10.3. The van der Waals surface area contributed by atoms with E-state index in [-0.39, 0.29) is 23.8 Å². The molecule has 100 valence electrons. The van der Waals surface area contributed by atoms with Crippen molar-refractivity contribution in [2.75, 3.05) is 26.1 Å². The number of benzene rings is 1. The smallest absolute Gasteiger partial charge is 0.305 e. The number of ether oxygens (including phenoxy) is 2. The fraction of sp³-hybridized carbons (Fsp3) is 0.417. The molecule has 0 fully saturated rings. The van der Waals surface area contributed by atoms with E-state index in [9.17, 15) is 13.6 Å². The molecule has 1 aromatic carbocycles. The number of anilines is 1. The van der Waals surface area contributed by atoms with E-state index in [4.69, 9.17) is 0 Å². The number of carbonyl (C=O) groups is 1. The van der Waals surface area contributed by atoms with Gasteiger partial charge in [-0.05, 0) is 6.42 Å². The summed E-state index contributed by atoms with van der Waals surface area (Å²) in [6.45, 7) is 0.345. The molecular formula is C12H15F2NO3. The average Bonchev–Trinajstić information content (AvgIpc) is 2.37. The first-order chi connectivity index (χ1) is 8.58. The quantitative estimate of drug-likeness (QED) is 0.629. The Morgan fingerprint density at radius 1 is 1.28 bits per heavy atom. The van der Waals surface area contributed by atoms with Crippen LogP contribution in [0.25, 0.3) is 0 Å². The number of hydrogen-bond acceptors (Lipinski definition) is 4. The minimum atomic E-state index is -0.644. The van der Waals surface area contributed by atoms with Gasteiger partial charge in [0, 0.05) is 25.1 Å². The molecule has 1 rings (SSSR count). The highest BCUT2D eigenvalue weighted by atomic mass is 19.1. The molecule has 0 aliphatic heterocycles. The lowest BCUT2D eigenvalue weighted by atomic mass is 10.2. The van der Waals surface area contributed by atoms with E-state index in [0.717, 1.165) is 12.1 Å². The van der Waals surface area contributed by atoms with Crippen molar-refractivity contribution in [3.63, 3.8) is 0 Å². The molecule has 18 heavy (non-hydrogen) atoms. The van der Waals surface area contributed by atoms with Gasteiger partial charge in [0.25, 0.3) is 0 Å². The maximum Gasteiger partial charge on any atom is 0.305 e. The Bertz CT molecular complexity index is 424. The molecule has 1 N–H and O–H groups in total. The molecular weight excluding hydrogens is 244 g/mol. The highest BCUT2D eigenvalue weighted by molar-refractivity contribution is 5.69. The summed E-state index contributed by atoms with van der Waals surface area (Å²) in [6.07, 6.45) is 0.698. The van der Waals surface area contributed by atoms with Crippen LogP contribution in [0.2, 0.25) is 0 Å². The molecule has 0 saturated heterocycles. The van der Waals surface area contributed by atoms with Crippen LogP contribution in [0.5, 0.6) is 5.75 Å². The van der Waals surface area contributed by atoms with E-state index in [1.165, 1.54) is 14.2 Å². The molecule has 0 aromatic heterocycles. The molecule has 0 bridgehead atoms. The van der Waals surface area contributed by atoms with E-state index < -0.39 is 11.6 Å². The Hall–Kier alpha value is -1.85. The van der Waals surface area contributed by atoms with Crippen LogP contribution in [0.3, 0.4) is 0 Å². The van der Waals surface area contributed by atoms with E-state index in [2.05, 4.69) is 14.8 Å². The van der Waals surface area contributed by atoms with Crippen LogP contribution in [0.1, 0.15) is 12.8 Å². The summed E-state index contributed by atoms with van der Waals surface area (Å²) in [7, 11) is 2.57. The number of carbonyl (C=O) groups excluding carboxylic acids is 1. The Morgan fingerprint density at radius 3 is 2.61 bits per heavy atom. The first-order valence-corrected chi connectivity index (χ1v) is 5.42. The minimum Gasteiger partial charge on any atom is -0.494 e. The van der Waals surface area contributed by atoms with E-state index in [1.807, 2.05) is 0 Å². The van der Waals surface area contributed by atoms with Gasteiger partial charge in [0.2, 0.25) is 0 Å². The lowest BCUT2D eigenvalue weighted by Crippen LogP contribution is -2.08. The molecule has 0 atom stereocenters. The van der Waals surface area contributed by atoms with Gasteiger partial charge in [0.05, 0.1) is 19.9 Å². The lowest BCUT2D eigenvalue weighted by Gasteiger charge is -2.09. The molecule has 0 spiro atoms. The van der Waals surface area contributed by atoms with Gasteiger partial charge in [-0.15, -0.1) is 0 Å². The van der Waals surface area contributed by atoms with Crippen LogP contribution in [0.4, 0.5) is 14.5 Å². The predicted octanol–water partition coefficient (Wildman–Crippen LogP) is 2.34. The number of methoxy groups -OCH3 is 2. The number of hydrogen-bond donors (Lipinski definition) is 1. The summed E-state index contributed by atoms with van der Waals surface area (Å²) in [5.74, 6) is -1.73. The molecule has 0 aliphatic rings. The Balaban J connectivity index is 2.52. The first-order valence-electron chi connectivity index (χ1n) is 5.42. The first kappa shape index (κ1) is 14.2. The summed E-state index contributed by atoms with van der Waals surface area (Å²) >= 11 is 0. The SMILES string of the molecule is COC(=O)CCCNc1cc(F)c(OC)cc1F. The topological polar surface area (TPSA) is 47.6 Å². The maximum atomic E-state index is 13.5. The van der Waals surface area contributed by atoms with Crippen molar-refractivity contribution in [2.24, 2.45) is 0 Å². The van der Waals surface area contributed by atoms with Crippen LogP contribution in [-0.2, 0) is 9.53 Å². The van der Waals surface area contributed by atoms with Crippen molar-refractivity contribution in [2.45, 2.75) is 12.8 Å². The standard InChI is InChI=1S/C12H15F2NO3/c1-17-11-7-8(13)10(6-9(11)14)15-5-3-4-12(16)18-2/h6-7,15H,3-5H2,1-2H3. The zero-order valence-electron chi connectivity index (χ0n) is 10.3.